The van der Waals surface area contributed by atoms with Gasteiger partial charge in [0.1, 0.15) is 30.2 Å². The predicted octanol–water partition coefficient (Wildman–Crippen LogP) is 1.94. The van der Waals surface area contributed by atoms with Crippen LogP contribution in [0.3, 0.4) is 0 Å². The van der Waals surface area contributed by atoms with Crippen LogP contribution >= 0.6 is 11.6 Å². The van der Waals surface area contributed by atoms with E-state index in [9.17, 15) is 25.2 Å². The Balaban J connectivity index is 1.85. The minimum absolute atomic E-state index is 0.458. The van der Waals surface area contributed by atoms with E-state index >= 15 is 0 Å². The Morgan fingerprint density at radius 1 is 1.07 bits per heavy atom. The van der Waals surface area contributed by atoms with E-state index in [1.807, 2.05) is 31.2 Å². The Morgan fingerprint density at radius 3 is 2.38 bits per heavy atom. The third-order valence-corrected chi connectivity index (χ3v) is 5.25. The zero-order valence-corrected chi connectivity index (χ0v) is 16.5. The van der Waals surface area contributed by atoms with Crippen molar-refractivity contribution in [3.8, 4) is 5.75 Å². The Labute approximate surface area is 173 Å². The third kappa shape index (κ3) is 4.71. The molecule has 0 aliphatic carbocycles. The molecule has 0 radical (unpaired) electrons. The largest absolute Gasteiger partial charge is 0.494 e. The van der Waals surface area contributed by atoms with Gasteiger partial charge in [0.25, 0.3) is 0 Å². The number of rotatable bonds is 6. The molecule has 0 amide bonds. The summed E-state index contributed by atoms with van der Waals surface area (Å²) in [6.07, 6.45) is -7.14. The summed E-state index contributed by atoms with van der Waals surface area (Å²) in [6.45, 7) is 2.49. The fourth-order valence-corrected chi connectivity index (χ4v) is 3.54. The van der Waals surface area contributed by atoms with Crippen LogP contribution in [0, 0.1) is 0 Å². The van der Waals surface area contributed by atoms with Crippen molar-refractivity contribution in [2.45, 2.75) is 43.9 Å². The van der Waals surface area contributed by atoms with Crippen LogP contribution in [0.2, 0.25) is 5.02 Å². The van der Waals surface area contributed by atoms with Gasteiger partial charge in [-0.1, -0.05) is 35.9 Å². The fourth-order valence-electron chi connectivity index (χ4n) is 3.36. The van der Waals surface area contributed by atoms with Crippen molar-refractivity contribution >= 4 is 17.6 Å². The molecule has 1 aliphatic heterocycles. The van der Waals surface area contributed by atoms with Crippen molar-refractivity contribution in [3.63, 3.8) is 0 Å². The Morgan fingerprint density at radius 2 is 1.76 bits per heavy atom. The first-order valence-electron chi connectivity index (χ1n) is 9.24. The molecule has 3 rings (SSSR count). The molecular formula is C21H23ClO7. The highest BCUT2D eigenvalue weighted by Gasteiger charge is 2.47. The molecular weight excluding hydrogens is 400 g/mol. The lowest BCUT2D eigenvalue weighted by molar-refractivity contribution is -0.229. The van der Waals surface area contributed by atoms with E-state index in [-0.39, 0.29) is 0 Å². The van der Waals surface area contributed by atoms with Crippen molar-refractivity contribution in [3.05, 3.63) is 64.2 Å². The van der Waals surface area contributed by atoms with Crippen LogP contribution in [0.25, 0.3) is 0 Å². The van der Waals surface area contributed by atoms with Crippen molar-refractivity contribution in [1.82, 2.24) is 0 Å². The molecule has 0 aromatic heterocycles. The van der Waals surface area contributed by atoms with Crippen LogP contribution in [0.5, 0.6) is 5.75 Å². The zero-order valence-electron chi connectivity index (χ0n) is 15.7. The van der Waals surface area contributed by atoms with Crippen LogP contribution in [0.4, 0.5) is 0 Å². The molecule has 2 aromatic rings. The Hall–Kier alpha value is -2.16. The number of carboxylic acids is 1. The molecule has 29 heavy (non-hydrogen) atoms. The number of halogens is 1. The topological polar surface area (TPSA) is 116 Å². The molecule has 7 nitrogen and oxygen atoms in total. The number of carboxylic acid groups (broad SMARTS) is 1. The SMILES string of the molecule is CCOc1ccc(Cc2cc([C@@H]3O[C@H](C(=O)O)[C@@H](O)[C@H](O)[C@H]3O)ccc2Cl)cc1. The Bertz CT molecular complexity index is 855. The van der Waals surface area contributed by atoms with Gasteiger partial charge in [-0.2, -0.15) is 0 Å². The van der Waals surface area contributed by atoms with Crippen molar-refractivity contribution in [2.75, 3.05) is 6.61 Å². The molecule has 0 saturated carbocycles. The van der Waals surface area contributed by atoms with E-state index < -0.39 is 36.5 Å². The quantitative estimate of drug-likeness (QED) is 0.562. The average Bonchev–Trinajstić information content (AvgIpc) is 2.69. The molecule has 1 heterocycles. The summed E-state index contributed by atoms with van der Waals surface area (Å²) in [5.74, 6) is -0.654. The average molecular weight is 423 g/mol. The number of ether oxygens (including phenoxy) is 2. The summed E-state index contributed by atoms with van der Waals surface area (Å²) in [4.78, 5) is 11.3. The maximum absolute atomic E-state index is 11.3. The fraction of sp³-hybridized carbons (Fsp3) is 0.381. The molecule has 1 saturated heterocycles. The number of hydrogen-bond acceptors (Lipinski definition) is 6. The molecule has 2 aromatic carbocycles. The number of hydrogen-bond donors (Lipinski definition) is 4. The second kappa shape index (κ2) is 9.11. The molecule has 8 heteroatoms. The summed E-state index contributed by atoms with van der Waals surface area (Å²) < 4.78 is 10.8. The summed E-state index contributed by atoms with van der Waals surface area (Å²) >= 11 is 6.32. The summed E-state index contributed by atoms with van der Waals surface area (Å²) in [5, 5.41) is 39.9. The molecule has 5 atom stereocenters. The van der Waals surface area contributed by atoms with Crippen molar-refractivity contribution in [2.24, 2.45) is 0 Å². The molecule has 1 aliphatic rings. The Kier molecular flexibility index (Phi) is 6.77. The lowest BCUT2D eigenvalue weighted by Gasteiger charge is -2.39. The van der Waals surface area contributed by atoms with Gasteiger partial charge in [0.05, 0.1) is 6.61 Å². The van der Waals surface area contributed by atoms with E-state index in [1.165, 1.54) is 0 Å². The lowest BCUT2D eigenvalue weighted by atomic mass is 9.90. The van der Waals surface area contributed by atoms with Gasteiger partial charge in [0, 0.05) is 5.02 Å². The van der Waals surface area contributed by atoms with Crippen LogP contribution in [0.15, 0.2) is 42.5 Å². The van der Waals surface area contributed by atoms with Gasteiger partial charge >= 0.3 is 5.97 Å². The number of carbonyl (C=O) groups is 1. The maximum atomic E-state index is 11.3. The third-order valence-electron chi connectivity index (χ3n) is 4.88. The monoisotopic (exact) mass is 422 g/mol. The van der Waals surface area contributed by atoms with Gasteiger partial charge in [-0.3, -0.25) is 0 Å². The van der Waals surface area contributed by atoms with Gasteiger partial charge < -0.3 is 29.9 Å². The molecule has 4 N–H and O–H groups in total. The van der Waals surface area contributed by atoms with Gasteiger partial charge in [0.15, 0.2) is 6.10 Å². The highest BCUT2D eigenvalue weighted by Crippen LogP contribution is 2.34. The molecule has 0 spiro atoms. The van der Waals surface area contributed by atoms with Crippen molar-refractivity contribution in [1.29, 1.82) is 0 Å². The summed E-state index contributed by atoms with van der Waals surface area (Å²) in [7, 11) is 0. The molecule has 1 fully saturated rings. The first-order valence-corrected chi connectivity index (χ1v) is 9.62. The minimum atomic E-state index is -1.73. The van der Waals surface area contributed by atoms with Gasteiger partial charge in [-0.15, -0.1) is 0 Å². The van der Waals surface area contributed by atoms with Gasteiger partial charge in [-0.25, -0.2) is 4.79 Å². The van der Waals surface area contributed by atoms with Gasteiger partial charge in [0.2, 0.25) is 0 Å². The molecule has 0 unspecified atom stereocenters. The predicted molar refractivity (Wildman–Crippen MR) is 105 cm³/mol. The lowest BCUT2D eigenvalue weighted by Crippen LogP contribution is -2.56. The second-order valence-corrected chi connectivity index (χ2v) is 7.30. The van der Waals surface area contributed by atoms with Crippen LogP contribution < -0.4 is 4.74 Å². The van der Waals surface area contributed by atoms with Crippen LogP contribution in [-0.2, 0) is 16.0 Å². The van der Waals surface area contributed by atoms with E-state index in [0.717, 1.165) is 16.9 Å². The summed E-state index contributed by atoms with van der Waals surface area (Å²) in [5.41, 5.74) is 2.19. The standard InChI is InChI=1S/C21H23ClO7/c1-2-28-14-6-3-11(4-7-14)9-13-10-12(5-8-15(13)22)19-17(24)16(23)18(25)20(29-19)21(26)27/h3-8,10,16-20,23-25H,2,9H2,1H3,(H,26,27)/t16-,17-,18+,19+,20+/m1/s1. The number of benzene rings is 2. The van der Waals surface area contributed by atoms with Crippen LogP contribution in [0.1, 0.15) is 29.7 Å². The van der Waals surface area contributed by atoms with Crippen molar-refractivity contribution < 1.29 is 34.7 Å². The summed E-state index contributed by atoms with van der Waals surface area (Å²) in [6, 6.07) is 12.5. The number of aliphatic hydroxyl groups excluding tert-OH is 3. The smallest absolute Gasteiger partial charge is 0.335 e. The number of aliphatic carboxylic acids is 1. The highest BCUT2D eigenvalue weighted by molar-refractivity contribution is 6.31. The van der Waals surface area contributed by atoms with E-state index in [0.29, 0.717) is 23.6 Å². The zero-order chi connectivity index (χ0) is 21.1. The van der Waals surface area contributed by atoms with E-state index in [1.54, 1.807) is 18.2 Å². The second-order valence-electron chi connectivity index (χ2n) is 6.89. The normalized spacial score (nSPS) is 26.9. The van der Waals surface area contributed by atoms with E-state index in [4.69, 9.17) is 21.1 Å². The molecule has 156 valence electrons. The van der Waals surface area contributed by atoms with Crippen LogP contribution in [-0.4, -0.2) is 57.4 Å². The first-order chi connectivity index (χ1) is 13.8. The van der Waals surface area contributed by atoms with E-state index in [2.05, 4.69) is 0 Å². The maximum Gasteiger partial charge on any atom is 0.335 e. The van der Waals surface area contributed by atoms with Gasteiger partial charge in [-0.05, 0) is 48.2 Å². The minimum Gasteiger partial charge on any atom is -0.494 e. The molecule has 0 bridgehead atoms. The highest BCUT2D eigenvalue weighted by atomic mass is 35.5. The number of aliphatic hydroxyl groups is 3. The first kappa shape index (κ1) is 21.5.